The number of rotatable bonds is 3. The Balaban J connectivity index is 1.15. The van der Waals surface area contributed by atoms with Gasteiger partial charge in [-0.15, -0.1) is 0 Å². The topological polar surface area (TPSA) is 3.24 Å². The Morgan fingerprint density at radius 3 is 1.86 bits per heavy atom. The monoisotopic (exact) mass is 655 g/mol. The molecule has 0 aromatic heterocycles. The van der Waals surface area contributed by atoms with Gasteiger partial charge in [0.05, 0.1) is 5.69 Å². The van der Waals surface area contributed by atoms with E-state index in [1.807, 2.05) is 11.8 Å². The van der Waals surface area contributed by atoms with Crippen LogP contribution in [-0.2, 0) is 0 Å². The van der Waals surface area contributed by atoms with E-state index >= 15 is 0 Å². The van der Waals surface area contributed by atoms with Gasteiger partial charge in [-0.3, -0.25) is 0 Å². The Morgan fingerprint density at radius 2 is 1.10 bits per heavy atom. The summed E-state index contributed by atoms with van der Waals surface area (Å²) in [7, 11) is 0. The van der Waals surface area contributed by atoms with Gasteiger partial charge in [0.2, 0.25) is 0 Å². The number of para-hydroxylation sites is 1. The van der Waals surface area contributed by atoms with Gasteiger partial charge in [0.1, 0.15) is 0 Å². The molecule has 0 saturated carbocycles. The zero-order valence-electron chi connectivity index (χ0n) is 27.5. The molecule has 10 rings (SSSR count). The van der Waals surface area contributed by atoms with Crippen molar-refractivity contribution in [3.63, 3.8) is 0 Å². The molecule has 1 unspecified atom stereocenters. The molecule has 8 aromatic carbocycles. The summed E-state index contributed by atoms with van der Waals surface area (Å²) in [4.78, 5) is 5.10. The lowest BCUT2D eigenvalue weighted by Crippen LogP contribution is -2.15. The van der Waals surface area contributed by atoms with E-state index in [-0.39, 0.29) is 0 Å². The Hall–Kier alpha value is -5.83. The van der Waals surface area contributed by atoms with Gasteiger partial charge in [0.25, 0.3) is 0 Å². The van der Waals surface area contributed by atoms with Crippen LogP contribution >= 0.6 is 11.8 Å². The normalized spacial score (nSPS) is 16.4. The Labute approximate surface area is 296 Å². The van der Waals surface area contributed by atoms with Crippen molar-refractivity contribution >= 4 is 61.0 Å². The Kier molecular flexibility index (Phi) is 6.79. The molecule has 2 heteroatoms. The van der Waals surface area contributed by atoms with Crippen LogP contribution in [0.25, 0.3) is 60.1 Å². The largest absolute Gasteiger partial charge is 0.316 e. The van der Waals surface area contributed by atoms with Gasteiger partial charge >= 0.3 is 0 Å². The first-order chi connectivity index (χ1) is 24.7. The quantitative estimate of drug-likeness (QED) is 0.174. The van der Waals surface area contributed by atoms with Crippen molar-refractivity contribution in [2.24, 2.45) is 0 Å². The van der Waals surface area contributed by atoms with Gasteiger partial charge in [-0.25, -0.2) is 0 Å². The van der Waals surface area contributed by atoms with Crippen LogP contribution in [0, 0.1) is 0 Å². The highest BCUT2D eigenvalue weighted by molar-refractivity contribution is 8.03. The summed E-state index contributed by atoms with van der Waals surface area (Å²) in [5.41, 5.74) is 11.2. The van der Waals surface area contributed by atoms with Crippen LogP contribution in [0.2, 0.25) is 0 Å². The zero-order valence-corrected chi connectivity index (χ0v) is 28.3. The highest BCUT2D eigenvalue weighted by atomic mass is 32.2. The number of hydrogen-bond donors (Lipinski definition) is 0. The smallest absolute Gasteiger partial charge is 0.0530 e. The average molecular weight is 656 g/mol. The minimum absolute atomic E-state index is 0.316. The van der Waals surface area contributed by atoms with E-state index in [2.05, 4.69) is 181 Å². The third kappa shape index (κ3) is 4.56. The predicted molar refractivity (Wildman–Crippen MR) is 215 cm³/mol. The molecule has 8 aromatic rings. The molecule has 0 saturated heterocycles. The van der Waals surface area contributed by atoms with Crippen LogP contribution in [0.15, 0.2) is 186 Å². The van der Waals surface area contributed by atoms with E-state index in [0.717, 1.165) is 12.1 Å². The number of thioether (sulfide) groups is 1. The van der Waals surface area contributed by atoms with Crippen molar-refractivity contribution in [1.82, 2.24) is 0 Å². The molecule has 0 bridgehead atoms. The van der Waals surface area contributed by atoms with E-state index in [4.69, 9.17) is 0 Å². The number of fused-ring (bicyclic) bond motifs is 7. The molecule has 2 aliphatic heterocycles. The summed E-state index contributed by atoms with van der Waals surface area (Å²) in [6, 6.07) is 60.0. The molecule has 0 fully saturated rings. The van der Waals surface area contributed by atoms with Crippen molar-refractivity contribution in [1.29, 1.82) is 0 Å². The maximum Gasteiger partial charge on any atom is 0.0530 e. The lowest BCUT2D eigenvalue weighted by molar-refractivity contribution is 0.851. The third-order valence-electron chi connectivity index (χ3n) is 10.5. The number of anilines is 2. The van der Waals surface area contributed by atoms with Gasteiger partial charge in [0, 0.05) is 33.2 Å². The molecular weight excluding hydrogens is 623 g/mol. The molecule has 1 atom stereocenters. The van der Waals surface area contributed by atoms with Crippen molar-refractivity contribution in [2.45, 2.75) is 17.2 Å². The number of allylic oxidation sites excluding steroid dienone is 2. The second-order valence-corrected chi connectivity index (χ2v) is 14.4. The first-order valence-electron chi connectivity index (χ1n) is 17.3. The van der Waals surface area contributed by atoms with Crippen LogP contribution in [0.5, 0.6) is 0 Å². The van der Waals surface area contributed by atoms with Crippen molar-refractivity contribution in [3.05, 3.63) is 193 Å². The third-order valence-corrected chi connectivity index (χ3v) is 11.8. The van der Waals surface area contributed by atoms with Crippen LogP contribution in [-0.4, -0.2) is 0 Å². The minimum Gasteiger partial charge on any atom is -0.316 e. The molecule has 1 nitrogen and oxygen atoms in total. The summed E-state index contributed by atoms with van der Waals surface area (Å²) in [5, 5.41) is 7.60. The van der Waals surface area contributed by atoms with Crippen LogP contribution < -0.4 is 4.90 Å². The summed E-state index contributed by atoms with van der Waals surface area (Å²) in [6.45, 7) is 4.61. The van der Waals surface area contributed by atoms with Gasteiger partial charge in [-0.05, 0) is 96.4 Å². The zero-order chi connectivity index (χ0) is 33.2. The van der Waals surface area contributed by atoms with Crippen LogP contribution in [0.1, 0.15) is 23.5 Å². The summed E-state index contributed by atoms with van der Waals surface area (Å²) < 4.78 is 0. The van der Waals surface area contributed by atoms with Crippen molar-refractivity contribution < 1.29 is 0 Å². The molecule has 2 heterocycles. The first kappa shape index (κ1) is 29.1. The van der Waals surface area contributed by atoms with Gasteiger partial charge in [-0.2, -0.15) is 0 Å². The van der Waals surface area contributed by atoms with E-state index < -0.39 is 0 Å². The second kappa shape index (κ2) is 11.7. The Morgan fingerprint density at radius 1 is 0.520 bits per heavy atom. The molecule has 0 N–H and O–H groups in total. The summed E-state index contributed by atoms with van der Waals surface area (Å²) in [5.74, 6) is 0.316. The number of benzene rings is 8. The van der Waals surface area contributed by atoms with E-state index in [9.17, 15) is 0 Å². The summed E-state index contributed by atoms with van der Waals surface area (Å²) in [6.07, 6.45) is 3.30. The van der Waals surface area contributed by atoms with Crippen LogP contribution in [0.4, 0.5) is 11.4 Å². The Bertz CT molecular complexity index is 2620. The maximum atomic E-state index is 4.61. The molecule has 0 amide bonds. The number of nitrogens with zero attached hydrogens (tertiary/aromatic N) is 1. The second-order valence-electron chi connectivity index (χ2n) is 13.3. The number of hydrogen-bond acceptors (Lipinski definition) is 2. The van der Waals surface area contributed by atoms with Gasteiger partial charge in [0.15, 0.2) is 0 Å². The van der Waals surface area contributed by atoms with Gasteiger partial charge in [-0.1, -0.05) is 158 Å². The first-order valence-corrected chi connectivity index (χ1v) is 18.1. The van der Waals surface area contributed by atoms with Crippen LogP contribution in [0.3, 0.4) is 0 Å². The fourth-order valence-corrected chi connectivity index (χ4v) is 9.49. The SMILES string of the molecule is C=C1CC2/C(=C\N(c3ccc(-c4c5ccccc5c(-c5cccc6ccccc56)c5ccccc45)cc3)c3ccccc31)Sc1ccccc12. The van der Waals surface area contributed by atoms with E-state index in [0.29, 0.717) is 5.92 Å². The lowest BCUT2D eigenvalue weighted by atomic mass is 9.84. The standard InChI is InChI=1S/C48H33NS/c1-31-29-43-37-17-9-11-24-45(37)50-46(43)30-49(44-23-10-8-15-35(31)44)34-27-25-33(26-28-34)47-39-18-4-6-20-41(39)48(42-21-7-5-19-40(42)47)38-22-12-14-32-13-2-3-16-36(32)38/h2-28,30,43H,1,29H2/b46-30+. The molecule has 236 valence electrons. The minimum atomic E-state index is 0.316. The fraction of sp³-hybridized carbons (Fsp3) is 0.0417. The van der Waals surface area contributed by atoms with E-state index in [1.54, 1.807) is 0 Å². The maximum absolute atomic E-state index is 4.61. The van der Waals surface area contributed by atoms with Crippen molar-refractivity contribution in [3.8, 4) is 22.3 Å². The molecule has 0 radical (unpaired) electrons. The highest BCUT2D eigenvalue weighted by Crippen LogP contribution is 2.54. The fourth-order valence-electron chi connectivity index (χ4n) is 8.25. The lowest BCUT2D eigenvalue weighted by Gasteiger charge is -2.29. The molecule has 50 heavy (non-hydrogen) atoms. The van der Waals surface area contributed by atoms with E-state index in [1.165, 1.54) is 86.8 Å². The molecule has 0 spiro atoms. The molecule has 0 aliphatic carbocycles. The predicted octanol–water partition coefficient (Wildman–Crippen LogP) is 13.8. The van der Waals surface area contributed by atoms with Crippen molar-refractivity contribution in [2.75, 3.05) is 4.90 Å². The summed E-state index contributed by atoms with van der Waals surface area (Å²) >= 11 is 1.90. The highest BCUT2D eigenvalue weighted by Gasteiger charge is 2.32. The average Bonchev–Trinajstić information content (AvgIpc) is 3.51. The molecular formula is C48H33NS. The molecule has 2 aliphatic rings. The van der Waals surface area contributed by atoms with Gasteiger partial charge < -0.3 is 4.90 Å².